The highest BCUT2D eigenvalue weighted by atomic mass is 19.1. The monoisotopic (exact) mass is 437 g/mol. The van der Waals surface area contributed by atoms with Crippen molar-refractivity contribution >= 4 is 5.91 Å². The van der Waals surface area contributed by atoms with Gasteiger partial charge in [-0.2, -0.15) is 0 Å². The van der Waals surface area contributed by atoms with Crippen molar-refractivity contribution in [3.63, 3.8) is 0 Å². The average Bonchev–Trinajstić information content (AvgIpc) is 2.94. The van der Waals surface area contributed by atoms with E-state index in [4.69, 9.17) is 4.74 Å². The summed E-state index contributed by atoms with van der Waals surface area (Å²) in [4.78, 5) is 27.0. The van der Waals surface area contributed by atoms with E-state index in [0.29, 0.717) is 0 Å². The molecule has 0 fully saturated rings. The molecule has 7 nitrogen and oxygen atoms in total. The Balaban J connectivity index is 1.74. The lowest BCUT2D eigenvalue weighted by atomic mass is 9.84. The number of allylic oxidation sites excluding steroid dienone is 2. The number of halogens is 1. The van der Waals surface area contributed by atoms with E-state index in [-0.39, 0.29) is 36.8 Å². The lowest BCUT2D eigenvalue weighted by Gasteiger charge is -2.47. The topological polar surface area (TPSA) is 75.0 Å². The van der Waals surface area contributed by atoms with Gasteiger partial charge in [-0.25, -0.2) is 4.39 Å². The predicted octanol–water partition coefficient (Wildman–Crippen LogP) is 2.99. The van der Waals surface area contributed by atoms with Gasteiger partial charge < -0.3 is 14.7 Å². The third kappa shape index (κ3) is 3.05. The van der Waals surface area contributed by atoms with Crippen molar-refractivity contribution in [3.8, 4) is 5.75 Å². The van der Waals surface area contributed by atoms with Crippen molar-refractivity contribution in [1.82, 2.24) is 9.58 Å². The van der Waals surface area contributed by atoms with E-state index >= 15 is 0 Å². The van der Waals surface area contributed by atoms with Crippen molar-refractivity contribution in [1.29, 1.82) is 0 Å². The smallest absolute Gasteiger partial charge is 0.278 e. The quantitative estimate of drug-likeness (QED) is 0.782. The van der Waals surface area contributed by atoms with E-state index in [1.165, 1.54) is 23.0 Å². The predicted molar refractivity (Wildman–Crippen MR) is 116 cm³/mol. The number of benzene rings is 1. The van der Waals surface area contributed by atoms with Gasteiger partial charge in [-0.15, -0.1) is 0 Å². The molecule has 1 N–H and O–H groups in total. The Hall–Kier alpha value is -3.39. The van der Waals surface area contributed by atoms with Gasteiger partial charge in [0.2, 0.25) is 5.43 Å². The minimum absolute atomic E-state index is 0.0903. The Morgan fingerprint density at radius 3 is 2.75 bits per heavy atom. The molecule has 1 aromatic heterocycles. The molecule has 3 unspecified atom stereocenters. The third-order valence-electron chi connectivity index (χ3n) is 6.40. The summed E-state index contributed by atoms with van der Waals surface area (Å²) < 4.78 is 22.4. The van der Waals surface area contributed by atoms with Crippen LogP contribution >= 0.6 is 0 Å². The molecule has 1 aliphatic carbocycles. The molecule has 0 saturated heterocycles. The number of aromatic nitrogens is 1. The van der Waals surface area contributed by atoms with Crippen molar-refractivity contribution in [2.45, 2.75) is 38.6 Å². The van der Waals surface area contributed by atoms with Crippen LogP contribution in [0.15, 0.2) is 65.4 Å². The molecule has 3 heterocycles. The number of hydrogen-bond donors (Lipinski definition) is 1. The first-order valence-corrected chi connectivity index (χ1v) is 10.6. The number of nitrogens with zero attached hydrogens (tertiary/aromatic N) is 3. The molecule has 5 rings (SSSR count). The Morgan fingerprint density at radius 1 is 1.19 bits per heavy atom. The highest BCUT2D eigenvalue weighted by molar-refractivity contribution is 5.96. The van der Waals surface area contributed by atoms with Crippen LogP contribution in [-0.2, 0) is 11.3 Å². The van der Waals surface area contributed by atoms with Crippen LogP contribution in [0.1, 0.15) is 41.5 Å². The number of amides is 1. The van der Waals surface area contributed by atoms with Gasteiger partial charge in [-0.05, 0) is 31.1 Å². The maximum atomic E-state index is 14.9. The fourth-order valence-electron chi connectivity index (χ4n) is 4.79. The fourth-order valence-corrected chi connectivity index (χ4v) is 4.79. The van der Waals surface area contributed by atoms with E-state index in [0.717, 1.165) is 11.1 Å². The van der Waals surface area contributed by atoms with E-state index < -0.39 is 29.2 Å². The summed E-state index contributed by atoms with van der Waals surface area (Å²) in [7, 11) is 0. The number of hydrogen-bond acceptors (Lipinski definition) is 5. The summed E-state index contributed by atoms with van der Waals surface area (Å²) in [5, 5.41) is 12.4. The van der Waals surface area contributed by atoms with Crippen LogP contribution in [0.3, 0.4) is 0 Å². The molecule has 0 spiro atoms. The van der Waals surface area contributed by atoms with Gasteiger partial charge >= 0.3 is 0 Å². The standard InChI is InChI=1S/C24H24FN3O4/c1-14(2)26-13-28(27-11-10-19(29)22(30)21(27)24(26)31)20-16-7-4-3-6-15(16)12-32-23-17(20)8-5-9-18(23)25/h3-11,14,17,20,23,30H,12-13H2,1-2H3. The fraction of sp³-hybridized carbons (Fsp3) is 0.333. The van der Waals surface area contributed by atoms with E-state index in [1.807, 2.05) is 49.2 Å². The number of rotatable bonds is 2. The zero-order valence-electron chi connectivity index (χ0n) is 17.8. The maximum Gasteiger partial charge on any atom is 0.278 e. The SMILES string of the molecule is CC(C)N1CN(C2c3ccccc3COC3C(F)=CC=CC32)n2ccc(=O)c(O)c2C1=O. The minimum Gasteiger partial charge on any atom is -0.502 e. The Labute approximate surface area is 184 Å². The van der Waals surface area contributed by atoms with Gasteiger partial charge in [0.15, 0.2) is 11.4 Å². The van der Waals surface area contributed by atoms with Crippen LogP contribution in [0.25, 0.3) is 0 Å². The van der Waals surface area contributed by atoms with Crippen LogP contribution in [0.5, 0.6) is 5.75 Å². The zero-order chi connectivity index (χ0) is 22.6. The zero-order valence-corrected chi connectivity index (χ0v) is 17.8. The Morgan fingerprint density at radius 2 is 1.97 bits per heavy atom. The van der Waals surface area contributed by atoms with E-state index in [1.54, 1.807) is 11.0 Å². The number of aromatic hydroxyl groups is 1. The Bertz CT molecular complexity index is 1200. The first kappa shape index (κ1) is 20.5. The lowest BCUT2D eigenvalue weighted by Crippen LogP contribution is -2.58. The minimum atomic E-state index is -0.779. The summed E-state index contributed by atoms with van der Waals surface area (Å²) in [6.45, 7) is 4.21. The second-order valence-corrected chi connectivity index (χ2v) is 8.56. The largest absolute Gasteiger partial charge is 0.502 e. The van der Waals surface area contributed by atoms with Gasteiger partial charge in [0.25, 0.3) is 5.91 Å². The highest BCUT2D eigenvalue weighted by Crippen LogP contribution is 2.42. The van der Waals surface area contributed by atoms with Crippen LogP contribution < -0.4 is 10.4 Å². The molecule has 3 atom stereocenters. The summed E-state index contributed by atoms with van der Waals surface area (Å²) in [5.74, 6) is -1.76. The number of fused-ring (bicyclic) bond motifs is 3. The second-order valence-electron chi connectivity index (χ2n) is 8.56. The summed E-state index contributed by atoms with van der Waals surface area (Å²) in [6, 6.07) is 8.40. The molecule has 166 valence electrons. The first-order valence-electron chi connectivity index (χ1n) is 10.6. The van der Waals surface area contributed by atoms with Crippen molar-refractivity contribution in [2.75, 3.05) is 11.7 Å². The molecular formula is C24H24FN3O4. The molecule has 1 aromatic carbocycles. The maximum absolute atomic E-state index is 14.9. The number of ether oxygens (including phenoxy) is 1. The Kier molecular flexibility index (Phi) is 4.89. The van der Waals surface area contributed by atoms with Crippen LogP contribution in [0, 0.1) is 5.92 Å². The molecule has 3 aliphatic rings. The normalized spacial score (nSPS) is 24.6. The molecule has 2 aliphatic heterocycles. The number of carbonyl (C=O) groups excluding carboxylic acids is 1. The molecule has 0 bridgehead atoms. The van der Waals surface area contributed by atoms with Crippen molar-refractivity contribution in [2.24, 2.45) is 5.92 Å². The van der Waals surface area contributed by atoms with Crippen molar-refractivity contribution < 1.29 is 19.0 Å². The van der Waals surface area contributed by atoms with Crippen LogP contribution in [-0.4, -0.2) is 39.4 Å². The van der Waals surface area contributed by atoms with Gasteiger partial charge in [0.1, 0.15) is 18.6 Å². The number of pyridine rings is 1. The van der Waals surface area contributed by atoms with Crippen LogP contribution in [0.2, 0.25) is 0 Å². The molecule has 8 heteroatoms. The van der Waals surface area contributed by atoms with Crippen molar-refractivity contribution in [3.05, 3.63) is 87.6 Å². The van der Waals surface area contributed by atoms with E-state index in [2.05, 4.69) is 0 Å². The summed E-state index contributed by atoms with van der Waals surface area (Å²) in [6.07, 6.45) is 5.72. The summed E-state index contributed by atoms with van der Waals surface area (Å²) in [5.41, 5.74) is 1.16. The van der Waals surface area contributed by atoms with Gasteiger partial charge in [-0.1, -0.05) is 36.4 Å². The first-order chi connectivity index (χ1) is 15.4. The lowest BCUT2D eigenvalue weighted by molar-refractivity contribution is 0.0188. The molecule has 0 radical (unpaired) electrons. The molecule has 32 heavy (non-hydrogen) atoms. The van der Waals surface area contributed by atoms with E-state index in [9.17, 15) is 19.1 Å². The van der Waals surface area contributed by atoms with Gasteiger partial charge in [0.05, 0.1) is 12.6 Å². The molecule has 0 saturated carbocycles. The summed E-state index contributed by atoms with van der Waals surface area (Å²) >= 11 is 0. The van der Waals surface area contributed by atoms with Gasteiger partial charge in [0, 0.05) is 24.2 Å². The highest BCUT2D eigenvalue weighted by Gasteiger charge is 2.44. The average molecular weight is 437 g/mol. The van der Waals surface area contributed by atoms with Gasteiger partial charge in [-0.3, -0.25) is 19.3 Å². The number of carbonyl (C=O) groups is 1. The van der Waals surface area contributed by atoms with Crippen LogP contribution in [0.4, 0.5) is 4.39 Å². The molecular weight excluding hydrogens is 413 g/mol. The second kappa shape index (κ2) is 7.63. The third-order valence-corrected chi connectivity index (χ3v) is 6.40. The molecule has 2 aromatic rings. The molecule has 1 amide bonds.